The fourth-order valence-corrected chi connectivity index (χ4v) is 0.955. The Balaban J connectivity index is 2.36. The fraction of sp³-hybridized carbons (Fsp3) is 0.571. The van der Waals surface area contributed by atoms with Crippen LogP contribution in [0.4, 0.5) is 0 Å². The number of aromatic amines is 1. The molecular formula is C7H14N4. The first kappa shape index (κ1) is 8.23. The van der Waals surface area contributed by atoms with Crippen molar-refractivity contribution in [2.45, 2.75) is 18.9 Å². The number of hydrogen-bond donors (Lipinski definition) is 3. The average Bonchev–Trinajstić information content (AvgIpc) is 2.52. The van der Waals surface area contributed by atoms with Gasteiger partial charge in [-0.25, -0.2) is 4.98 Å². The highest BCUT2D eigenvalue weighted by molar-refractivity contribution is 4.93. The second-order valence-corrected chi connectivity index (χ2v) is 2.51. The maximum Gasteiger partial charge on any atom is 0.123 e. The van der Waals surface area contributed by atoms with Gasteiger partial charge in [-0.1, -0.05) is 0 Å². The summed E-state index contributed by atoms with van der Waals surface area (Å²) >= 11 is 0. The lowest BCUT2D eigenvalue weighted by Crippen LogP contribution is -2.13. The Morgan fingerprint density at radius 2 is 2.45 bits per heavy atom. The van der Waals surface area contributed by atoms with E-state index in [2.05, 4.69) is 9.97 Å². The van der Waals surface area contributed by atoms with Gasteiger partial charge in [-0.2, -0.15) is 0 Å². The molecule has 0 aromatic carbocycles. The number of nitrogens with one attached hydrogen (secondary N) is 1. The molecule has 5 N–H and O–H groups in total. The quantitative estimate of drug-likeness (QED) is 0.577. The third kappa shape index (κ3) is 2.32. The van der Waals surface area contributed by atoms with Gasteiger partial charge in [0.25, 0.3) is 0 Å². The SMILES string of the molecule is NCCCC(N)c1ncc[nH]1. The molecule has 1 rings (SSSR count). The molecule has 4 nitrogen and oxygen atoms in total. The van der Waals surface area contributed by atoms with Crippen molar-refractivity contribution in [3.63, 3.8) is 0 Å². The van der Waals surface area contributed by atoms with Gasteiger partial charge in [0.1, 0.15) is 5.82 Å². The van der Waals surface area contributed by atoms with Crippen molar-refractivity contribution in [2.24, 2.45) is 11.5 Å². The van der Waals surface area contributed by atoms with Crippen molar-refractivity contribution >= 4 is 0 Å². The molecule has 0 spiro atoms. The summed E-state index contributed by atoms with van der Waals surface area (Å²) in [6, 6.07) is 0.00792. The topological polar surface area (TPSA) is 80.7 Å². The zero-order chi connectivity index (χ0) is 8.10. The Labute approximate surface area is 66.0 Å². The largest absolute Gasteiger partial charge is 0.347 e. The molecule has 1 aromatic rings. The van der Waals surface area contributed by atoms with Crippen molar-refractivity contribution in [1.29, 1.82) is 0 Å². The normalized spacial score (nSPS) is 13.3. The van der Waals surface area contributed by atoms with Gasteiger partial charge in [0.15, 0.2) is 0 Å². The molecular weight excluding hydrogens is 140 g/mol. The van der Waals surface area contributed by atoms with E-state index in [1.807, 2.05) is 0 Å². The van der Waals surface area contributed by atoms with Gasteiger partial charge >= 0.3 is 0 Å². The van der Waals surface area contributed by atoms with E-state index in [0.717, 1.165) is 18.7 Å². The van der Waals surface area contributed by atoms with Crippen LogP contribution in [0.3, 0.4) is 0 Å². The van der Waals surface area contributed by atoms with Crippen LogP contribution in [0.15, 0.2) is 12.4 Å². The van der Waals surface area contributed by atoms with E-state index in [9.17, 15) is 0 Å². The molecule has 0 saturated carbocycles. The van der Waals surface area contributed by atoms with Crippen molar-refractivity contribution in [3.05, 3.63) is 18.2 Å². The Morgan fingerprint density at radius 1 is 1.64 bits per heavy atom. The molecule has 0 fully saturated rings. The van der Waals surface area contributed by atoms with Crippen LogP contribution in [0.25, 0.3) is 0 Å². The van der Waals surface area contributed by atoms with E-state index in [-0.39, 0.29) is 6.04 Å². The smallest absolute Gasteiger partial charge is 0.123 e. The van der Waals surface area contributed by atoms with Gasteiger partial charge in [0.2, 0.25) is 0 Å². The van der Waals surface area contributed by atoms with E-state index < -0.39 is 0 Å². The number of aromatic nitrogens is 2. The van der Waals surface area contributed by atoms with Crippen molar-refractivity contribution in [3.8, 4) is 0 Å². The molecule has 0 amide bonds. The van der Waals surface area contributed by atoms with Gasteiger partial charge in [-0.05, 0) is 19.4 Å². The maximum atomic E-state index is 5.78. The minimum Gasteiger partial charge on any atom is -0.347 e. The standard InChI is InChI=1S/C7H14N4/c8-3-1-2-6(9)7-10-4-5-11-7/h4-6H,1-3,8-9H2,(H,10,11). The van der Waals surface area contributed by atoms with Crippen molar-refractivity contribution in [1.82, 2.24) is 9.97 Å². The molecule has 1 heterocycles. The zero-order valence-electron chi connectivity index (χ0n) is 6.46. The van der Waals surface area contributed by atoms with Gasteiger partial charge in [-0.3, -0.25) is 0 Å². The molecule has 1 unspecified atom stereocenters. The van der Waals surface area contributed by atoms with Gasteiger partial charge in [-0.15, -0.1) is 0 Å². The highest BCUT2D eigenvalue weighted by Crippen LogP contribution is 2.09. The third-order valence-corrected chi connectivity index (χ3v) is 1.59. The molecule has 62 valence electrons. The second-order valence-electron chi connectivity index (χ2n) is 2.51. The number of nitrogens with two attached hydrogens (primary N) is 2. The summed E-state index contributed by atoms with van der Waals surface area (Å²) in [6.07, 6.45) is 5.32. The summed E-state index contributed by atoms with van der Waals surface area (Å²) < 4.78 is 0. The lowest BCUT2D eigenvalue weighted by Gasteiger charge is -2.06. The van der Waals surface area contributed by atoms with Gasteiger partial charge in [0.05, 0.1) is 6.04 Å². The Morgan fingerprint density at radius 3 is 3.00 bits per heavy atom. The third-order valence-electron chi connectivity index (χ3n) is 1.59. The predicted octanol–water partition coefficient (Wildman–Crippen LogP) is 0.148. The summed E-state index contributed by atoms with van der Waals surface area (Å²) in [5.41, 5.74) is 11.1. The molecule has 1 atom stereocenters. The molecule has 0 aliphatic heterocycles. The van der Waals surface area contributed by atoms with E-state index in [1.54, 1.807) is 12.4 Å². The Bertz CT molecular complexity index is 182. The van der Waals surface area contributed by atoms with Crippen LogP contribution in [-0.2, 0) is 0 Å². The second kappa shape index (κ2) is 4.10. The summed E-state index contributed by atoms with van der Waals surface area (Å²) in [7, 11) is 0. The molecule has 0 aliphatic rings. The molecule has 1 aromatic heterocycles. The minimum absolute atomic E-state index is 0.00792. The molecule has 0 saturated heterocycles. The highest BCUT2D eigenvalue weighted by atomic mass is 14.9. The summed E-state index contributed by atoms with van der Waals surface area (Å²) in [5.74, 6) is 0.846. The molecule has 0 bridgehead atoms. The number of rotatable bonds is 4. The number of nitrogens with zero attached hydrogens (tertiary/aromatic N) is 1. The number of imidazole rings is 1. The fourth-order valence-electron chi connectivity index (χ4n) is 0.955. The molecule has 4 heteroatoms. The van der Waals surface area contributed by atoms with Crippen LogP contribution in [0.1, 0.15) is 24.7 Å². The average molecular weight is 154 g/mol. The Hall–Kier alpha value is -0.870. The van der Waals surface area contributed by atoms with E-state index in [0.29, 0.717) is 6.54 Å². The lowest BCUT2D eigenvalue weighted by atomic mass is 10.1. The van der Waals surface area contributed by atoms with Crippen molar-refractivity contribution in [2.75, 3.05) is 6.54 Å². The first-order chi connectivity index (χ1) is 5.34. The first-order valence-electron chi connectivity index (χ1n) is 3.79. The number of H-pyrrole nitrogens is 1. The zero-order valence-corrected chi connectivity index (χ0v) is 6.46. The van der Waals surface area contributed by atoms with E-state index in [4.69, 9.17) is 11.5 Å². The summed E-state index contributed by atoms with van der Waals surface area (Å²) in [5, 5.41) is 0. The number of hydrogen-bond acceptors (Lipinski definition) is 3. The maximum absolute atomic E-state index is 5.78. The predicted molar refractivity (Wildman–Crippen MR) is 43.8 cm³/mol. The van der Waals surface area contributed by atoms with Gasteiger partial charge < -0.3 is 16.5 Å². The minimum atomic E-state index is 0.00792. The van der Waals surface area contributed by atoms with Crippen LogP contribution >= 0.6 is 0 Å². The lowest BCUT2D eigenvalue weighted by molar-refractivity contribution is 0.592. The summed E-state index contributed by atoms with van der Waals surface area (Å²) in [6.45, 7) is 0.689. The monoisotopic (exact) mass is 154 g/mol. The van der Waals surface area contributed by atoms with E-state index >= 15 is 0 Å². The highest BCUT2D eigenvalue weighted by Gasteiger charge is 2.05. The van der Waals surface area contributed by atoms with Crippen molar-refractivity contribution < 1.29 is 0 Å². The van der Waals surface area contributed by atoms with Gasteiger partial charge in [0, 0.05) is 12.4 Å². The first-order valence-corrected chi connectivity index (χ1v) is 3.79. The van der Waals surface area contributed by atoms with Crippen LogP contribution in [0.5, 0.6) is 0 Å². The van der Waals surface area contributed by atoms with Crippen LogP contribution in [0.2, 0.25) is 0 Å². The van der Waals surface area contributed by atoms with Crippen LogP contribution in [-0.4, -0.2) is 16.5 Å². The Kier molecular flexibility index (Phi) is 3.07. The van der Waals surface area contributed by atoms with Crippen LogP contribution < -0.4 is 11.5 Å². The van der Waals surface area contributed by atoms with Crippen LogP contribution in [0, 0.1) is 0 Å². The molecule has 0 aliphatic carbocycles. The molecule has 0 radical (unpaired) electrons. The molecule has 11 heavy (non-hydrogen) atoms. The van der Waals surface area contributed by atoms with E-state index in [1.165, 1.54) is 0 Å². The summed E-state index contributed by atoms with van der Waals surface area (Å²) in [4.78, 5) is 7.02.